The molecule has 0 radical (unpaired) electrons. The number of likely N-dealkylation sites (N-methyl/N-ethyl adjacent to an activating group) is 1. The molecule has 0 amide bonds. The molecule has 0 aromatic heterocycles. The molecule has 1 fully saturated rings. The molecule has 1 aromatic carbocycles. The number of methoxy groups -OCH3 is 1. The highest BCUT2D eigenvalue weighted by Gasteiger charge is 2.40. The summed E-state index contributed by atoms with van der Waals surface area (Å²) in [5, 5.41) is 3.38. The van der Waals surface area contributed by atoms with Gasteiger partial charge in [-0.1, -0.05) is 18.9 Å². The quantitative estimate of drug-likeness (QED) is 0.882. The van der Waals surface area contributed by atoms with Crippen molar-refractivity contribution in [1.82, 2.24) is 5.32 Å². The number of ether oxygens (including phenoxy) is 1. The highest BCUT2D eigenvalue weighted by Crippen LogP contribution is 2.37. The molecule has 1 N–H and O–H groups in total. The standard InChI is InChI=1S/C16H24FNO/c1-12-6-7-14(17)10-13(12)11-15(18-2)16(19-3)8-4-5-9-16/h6-7,10,15,18H,4-5,8-9,11H2,1-3H3. The van der Waals surface area contributed by atoms with E-state index in [1.54, 1.807) is 13.2 Å². The minimum absolute atomic E-state index is 0.0898. The van der Waals surface area contributed by atoms with Crippen molar-refractivity contribution in [2.45, 2.75) is 50.7 Å². The molecule has 2 rings (SSSR count). The van der Waals surface area contributed by atoms with Crippen molar-refractivity contribution < 1.29 is 9.13 Å². The molecular weight excluding hydrogens is 241 g/mol. The van der Waals surface area contributed by atoms with Crippen LogP contribution in [-0.4, -0.2) is 25.8 Å². The zero-order valence-corrected chi connectivity index (χ0v) is 12.1. The summed E-state index contributed by atoms with van der Waals surface area (Å²) >= 11 is 0. The van der Waals surface area contributed by atoms with Crippen LogP contribution in [0.15, 0.2) is 18.2 Å². The van der Waals surface area contributed by atoms with E-state index in [9.17, 15) is 4.39 Å². The molecule has 0 aliphatic heterocycles. The van der Waals surface area contributed by atoms with Crippen LogP contribution in [0.4, 0.5) is 4.39 Å². The molecule has 0 spiro atoms. The molecule has 3 heteroatoms. The molecule has 1 aromatic rings. The molecule has 106 valence electrons. The molecule has 1 saturated carbocycles. The lowest BCUT2D eigenvalue weighted by atomic mass is 9.86. The van der Waals surface area contributed by atoms with Gasteiger partial charge in [0.2, 0.25) is 0 Å². The molecule has 2 nitrogen and oxygen atoms in total. The fraction of sp³-hybridized carbons (Fsp3) is 0.625. The van der Waals surface area contributed by atoms with Gasteiger partial charge in [-0.2, -0.15) is 0 Å². The van der Waals surface area contributed by atoms with E-state index in [1.165, 1.54) is 18.9 Å². The van der Waals surface area contributed by atoms with E-state index in [0.29, 0.717) is 0 Å². The van der Waals surface area contributed by atoms with Crippen molar-refractivity contribution >= 4 is 0 Å². The summed E-state index contributed by atoms with van der Waals surface area (Å²) in [5.41, 5.74) is 2.13. The van der Waals surface area contributed by atoms with Crippen LogP contribution < -0.4 is 5.32 Å². The molecule has 1 aliphatic carbocycles. The van der Waals surface area contributed by atoms with Gasteiger partial charge >= 0.3 is 0 Å². The Hall–Kier alpha value is -0.930. The molecule has 1 atom stereocenters. The molecule has 0 saturated heterocycles. The lowest BCUT2D eigenvalue weighted by Crippen LogP contribution is -2.50. The van der Waals surface area contributed by atoms with Gasteiger partial charge in [0.05, 0.1) is 5.60 Å². The predicted octanol–water partition coefficient (Wildman–Crippen LogP) is 3.22. The van der Waals surface area contributed by atoms with Gasteiger partial charge in [-0.3, -0.25) is 0 Å². The lowest BCUT2D eigenvalue weighted by Gasteiger charge is -2.36. The van der Waals surface area contributed by atoms with Crippen LogP contribution in [0.2, 0.25) is 0 Å². The third-order valence-electron chi connectivity index (χ3n) is 4.58. The van der Waals surface area contributed by atoms with Crippen molar-refractivity contribution in [3.8, 4) is 0 Å². The first-order chi connectivity index (χ1) is 9.11. The van der Waals surface area contributed by atoms with E-state index in [4.69, 9.17) is 4.74 Å². The van der Waals surface area contributed by atoms with Crippen molar-refractivity contribution in [3.63, 3.8) is 0 Å². The first kappa shape index (κ1) is 14.5. The highest BCUT2D eigenvalue weighted by molar-refractivity contribution is 5.28. The van der Waals surface area contributed by atoms with Crippen LogP contribution in [0.3, 0.4) is 0 Å². The third kappa shape index (κ3) is 2.98. The first-order valence-electron chi connectivity index (χ1n) is 7.09. The van der Waals surface area contributed by atoms with E-state index >= 15 is 0 Å². The number of rotatable bonds is 5. The number of aryl methyl sites for hydroxylation is 1. The SMILES string of the molecule is CNC(Cc1cc(F)ccc1C)C1(OC)CCCC1. The van der Waals surface area contributed by atoms with Crippen molar-refractivity contribution in [2.75, 3.05) is 14.2 Å². The lowest BCUT2D eigenvalue weighted by molar-refractivity contribution is -0.0336. The Kier molecular flexibility index (Phi) is 4.58. The number of benzene rings is 1. The highest BCUT2D eigenvalue weighted by atomic mass is 19.1. The van der Waals surface area contributed by atoms with Gasteiger partial charge in [0, 0.05) is 13.2 Å². The number of nitrogens with one attached hydrogen (secondary N) is 1. The average Bonchev–Trinajstić information content (AvgIpc) is 2.89. The normalized spacial score (nSPS) is 19.6. The molecule has 19 heavy (non-hydrogen) atoms. The Morgan fingerprint density at radius 2 is 2.05 bits per heavy atom. The average molecular weight is 265 g/mol. The van der Waals surface area contributed by atoms with E-state index in [1.807, 2.05) is 20.0 Å². The van der Waals surface area contributed by atoms with Gasteiger partial charge in [-0.05, 0) is 56.5 Å². The number of hydrogen-bond donors (Lipinski definition) is 1. The number of halogens is 1. The maximum atomic E-state index is 13.4. The van der Waals surface area contributed by atoms with Crippen LogP contribution in [0, 0.1) is 12.7 Å². The summed E-state index contributed by atoms with van der Waals surface area (Å²) in [7, 11) is 3.77. The van der Waals surface area contributed by atoms with Crippen LogP contribution in [0.25, 0.3) is 0 Å². The second kappa shape index (κ2) is 6.02. The van der Waals surface area contributed by atoms with E-state index in [0.717, 1.165) is 30.4 Å². The second-order valence-corrected chi connectivity index (χ2v) is 5.59. The fourth-order valence-corrected chi connectivity index (χ4v) is 3.30. The van der Waals surface area contributed by atoms with E-state index in [2.05, 4.69) is 5.32 Å². The van der Waals surface area contributed by atoms with E-state index < -0.39 is 0 Å². The molecule has 0 bridgehead atoms. The monoisotopic (exact) mass is 265 g/mol. The molecule has 0 heterocycles. The summed E-state index contributed by atoms with van der Waals surface area (Å²) in [6.45, 7) is 2.04. The summed E-state index contributed by atoms with van der Waals surface area (Å²) in [6.07, 6.45) is 5.42. The van der Waals surface area contributed by atoms with Gasteiger partial charge in [0.1, 0.15) is 5.82 Å². The van der Waals surface area contributed by atoms with Gasteiger partial charge in [0.15, 0.2) is 0 Å². The van der Waals surface area contributed by atoms with Crippen LogP contribution in [0.5, 0.6) is 0 Å². The Bertz CT molecular complexity index is 427. The van der Waals surface area contributed by atoms with Crippen LogP contribution in [0.1, 0.15) is 36.8 Å². The summed E-state index contributed by atoms with van der Waals surface area (Å²) < 4.78 is 19.2. The largest absolute Gasteiger partial charge is 0.377 e. The Morgan fingerprint density at radius 1 is 1.37 bits per heavy atom. The summed E-state index contributed by atoms with van der Waals surface area (Å²) in [5.74, 6) is -0.159. The second-order valence-electron chi connectivity index (χ2n) is 5.59. The Labute approximate surface area is 115 Å². The van der Waals surface area contributed by atoms with Crippen molar-refractivity contribution in [1.29, 1.82) is 0 Å². The van der Waals surface area contributed by atoms with E-state index in [-0.39, 0.29) is 17.5 Å². The summed E-state index contributed by atoms with van der Waals surface area (Å²) in [6, 6.07) is 5.26. The molecule has 1 unspecified atom stereocenters. The van der Waals surface area contributed by atoms with Crippen LogP contribution >= 0.6 is 0 Å². The molecule has 1 aliphatic rings. The van der Waals surface area contributed by atoms with Crippen molar-refractivity contribution in [3.05, 3.63) is 35.1 Å². The maximum absolute atomic E-state index is 13.4. The Morgan fingerprint density at radius 3 is 2.63 bits per heavy atom. The first-order valence-corrected chi connectivity index (χ1v) is 7.09. The van der Waals surface area contributed by atoms with Gasteiger partial charge in [-0.15, -0.1) is 0 Å². The molecular formula is C16H24FNO. The smallest absolute Gasteiger partial charge is 0.123 e. The maximum Gasteiger partial charge on any atom is 0.123 e. The van der Waals surface area contributed by atoms with Crippen LogP contribution in [-0.2, 0) is 11.2 Å². The number of hydrogen-bond acceptors (Lipinski definition) is 2. The topological polar surface area (TPSA) is 21.3 Å². The fourth-order valence-electron chi connectivity index (χ4n) is 3.30. The zero-order valence-electron chi connectivity index (χ0n) is 12.1. The summed E-state index contributed by atoms with van der Waals surface area (Å²) in [4.78, 5) is 0. The van der Waals surface area contributed by atoms with Gasteiger partial charge < -0.3 is 10.1 Å². The van der Waals surface area contributed by atoms with Crippen molar-refractivity contribution in [2.24, 2.45) is 0 Å². The zero-order chi connectivity index (χ0) is 13.9. The predicted molar refractivity (Wildman–Crippen MR) is 75.9 cm³/mol. The minimum Gasteiger partial charge on any atom is -0.377 e. The van der Waals surface area contributed by atoms with Gasteiger partial charge in [0.25, 0.3) is 0 Å². The Balaban J connectivity index is 2.21. The van der Waals surface area contributed by atoms with Gasteiger partial charge in [-0.25, -0.2) is 4.39 Å². The minimum atomic E-state index is -0.159. The third-order valence-corrected chi connectivity index (χ3v) is 4.58.